The lowest BCUT2D eigenvalue weighted by Crippen LogP contribution is -2.03. The van der Waals surface area contributed by atoms with Crippen molar-refractivity contribution in [3.05, 3.63) is 59.2 Å². The Bertz CT molecular complexity index is 570. The third-order valence-electron chi connectivity index (χ3n) is 2.69. The first-order valence-electron chi connectivity index (χ1n) is 5.53. The van der Waals surface area contributed by atoms with Gasteiger partial charge in [-0.3, -0.25) is 0 Å². The van der Waals surface area contributed by atoms with E-state index in [0.717, 1.165) is 29.4 Å². The van der Waals surface area contributed by atoms with Gasteiger partial charge in [0.25, 0.3) is 0 Å². The van der Waals surface area contributed by atoms with E-state index in [0.29, 0.717) is 0 Å². The summed E-state index contributed by atoms with van der Waals surface area (Å²) in [7, 11) is 0. The predicted molar refractivity (Wildman–Crippen MR) is 66.5 cm³/mol. The quantitative estimate of drug-likeness (QED) is 0.815. The Morgan fingerprint density at radius 2 is 1.89 bits per heavy atom. The molecule has 2 N–H and O–H groups in total. The SMILES string of the molecule is Cc1cc(O)ccc1NCc1cc(F)ccc1F. The summed E-state index contributed by atoms with van der Waals surface area (Å²) in [5.41, 5.74) is 1.88. The van der Waals surface area contributed by atoms with E-state index in [9.17, 15) is 13.9 Å². The van der Waals surface area contributed by atoms with Crippen LogP contribution in [0, 0.1) is 18.6 Å². The fourth-order valence-electron chi connectivity index (χ4n) is 1.72. The molecule has 4 heteroatoms. The van der Waals surface area contributed by atoms with E-state index in [1.54, 1.807) is 12.1 Å². The van der Waals surface area contributed by atoms with Crippen LogP contribution in [0.4, 0.5) is 14.5 Å². The van der Waals surface area contributed by atoms with Crippen LogP contribution < -0.4 is 5.32 Å². The van der Waals surface area contributed by atoms with Crippen molar-refractivity contribution in [2.45, 2.75) is 13.5 Å². The summed E-state index contributed by atoms with van der Waals surface area (Å²) in [5.74, 6) is -0.731. The number of benzene rings is 2. The summed E-state index contributed by atoms with van der Waals surface area (Å²) in [5, 5.41) is 12.3. The average molecular weight is 249 g/mol. The van der Waals surface area contributed by atoms with Crippen molar-refractivity contribution >= 4 is 5.69 Å². The molecule has 0 heterocycles. The molecular weight excluding hydrogens is 236 g/mol. The number of aryl methyl sites for hydroxylation is 1. The number of halogens is 2. The Hall–Kier alpha value is -2.10. The molecule has 0 atom stereocenters. The number of rotatable bonds is 3. The van der Waals surface area contributed by atoms with E-state index in [-0.39, 0.29) is 17.9 Å². The maximum absolute atomic E-state index is 13.4. The largest absolute Gasteiger partial charge is 0.508 e. The first-order chi connectivity index (χ1) is 8.56. The van der Waals surface area contributed by atoms with Gasteiger partial charge in [0, 0.05) is 17.8 Å². The van der Waals surface area contributed by atoms with Gasteiger partial charge in [0.15, 0.2) is 0 Å². The lowest BCUT2D eigenvalue weighted by atomic mass is 10.1. The monoisotopic (exact) mass is 249 g/mol. The summed E-state index contributed by atoms with van der Waals surface area (Å²) in [6.07, 6.45) is 0. The fourth-order valence-corrected chi connectivity index (χ4v) is 1.72. The molecule has 2 nitrogen and oxygen atoms in total. The summed E-state index contributed by atoms with van der Waals surface area (Å²) in [6.45, 7) is 2.01. The molecule has 0 saturated carbocycles. The minimum atomic E-state index is -0.462. The highest BCUT2D eigenvalue weighted by Gasteiger charge is 2.05. The van der Waals surface area contributed by atoms with Crippen molar-refractivity contribution in [3.63, 3.8) is 0 Å². The highest BCUT2D eigenvalue weighted by Crippen LogP contribution is 2.21. The highest BCUT2D eigenvalue weighted by molar-refractivity contribution is 5.53. The van der Waals surface area contributed by atoms with E-state index in [1.165, 1.54) is 6.07 Å². The molecule has 0 aliphatic rings. The Kier molecular flexibility index (Phi) is 3.46. The smallest absolute Gasteiger partial charge is 0.128 e. The van der Waals surface area contributed by atoms with Crippen LogP contribution in [0.15, 0.2) is 36.4 Å². The number of phenolic OH excluding ortho intramolecular Hbond substituents is 1. The van der Waals surface area contributed by atoms with Crippen LogP contribution in [-0.2, 0) is 6.54 Å². The van der Waals surface area contributed by atoms with Gasteiger partial charge in [0.05, 0.1) is 0 Å². The molecule has 0 aromatic heterocycles. The van der Waals surface area contributed by atoms with Gasteiger partial charge in [0.1, 0.15) is 17.4 Å². The Labute approximate surface area is 104 Å². The molecule has 0 aliphatic heterocycles. The van der Waals surface area contributed by atoms with Crippen LogP contribution in [0.2, 0.25) is 0 Å². The molecule has 0 unspecified atom stereocenters. The van der Waals surface area contributed by atoms with Crippen LogP contribution in [0.5, 0.6) is 5.75 Å². The predicted octanol–water partition coefficient (Wildman–Crippen LogP) is 3.59. The number of hydrogen-bond donors (Lipinski definition) is 2. The van der Waals surface area contributed by atoms with Gasteiger partial charge in [-0.15, -0.1) is 0 Å². The number of anilines is 1. The molecule has 2 aromatic carbocycles. The topological polar surface area (TPSA) is 32.3 Å². The van der Waals surface area contributed by atoms with E-state index in [4.69, 9.17) is 0 Å². The van der Waals surface area contributed by atoms with Gasteiger partial charge in [-0.2, -0.15) is 0 Å². The maximum atomic E-state index is 13.4. The fraction of sp³-hybridized carbons (Fsp3) is 0.143. The molecule has 0 spiro atoms. The molecule has 0 aliphatic carbocycles. The number of aromatic hydroxyl groups is 1. The summed E-state index contributed by atoms with van der Waals surface area (Å²) in [6, 6.07) is 8.20. The second-order valence-electron chi connectivity index (χ2n) is 4.09. The zero-order valence-electron chi connectivity index (χ0n) is 9.87. The molecular formula is C14H13F2NO. The van der Waals surface area contributed by atoms with Crippen LogP contribution in [0.3, 0.4) is 0 Å². The number of nitrogens with one attached hydrogen (secondary N) is 1. The third kappa shape index (κ3) is 2.77. The number of phenols is 1. The second-order valence-corrected chi connectivity index (χ2v) is 4.09. The lowest BCUT2D eigenvalue weighted by molar-refractivity contribution is 0.475. The van der Waals surface area contributed by atoms with Crippen LogP contribution in [0.1, 0.15) is 11.1 Å². The van der Waals surface area contributed by atoms with Gasteiger partial charge < -0.3 is 10.4 Å². The average Bonchev–Trinajstić information content (AvgIpc) is 2.32. The van der Waals surface area contributed by atoms with E-state index < -0.39 is 11.6 Å². The second kappa shape index (κ2) is 5.04. The molecule has 94 valence electrons. The normalized spacial score (nSPS) is 10.4. The van der Waals surface area contributed by atoms with Crippen molar-refractivity contribution in [1.29, 1.82) is 0 Å². The van der Waals surface area contributed by atoms with Crippen LogP contribution in [-0.4, -0.2) is 5.11 Å². The van der Waals surface area contributed by atoms with Crippen LogP contribution >= 0.6 is 0 Å². The molecule has 0 radical (unpaired) electrons. The van der Waals surface area contributed by atoms with Crippen molar-refractivity contribution in [2.75, 3.05) is 5.32 Å². The minimum Gasteiger partial charge on any atom is -0.508 e. The van der Waals surface area contributed by atoms with Crippen molar-refractivity contribution in [2.24, 2.45) is 0 Å². The highest BCUT2D eigenvalue weighted by atomic mass is 19.1. The van der Waals surface area contributed by atoms with Crippen molar-refractivity contribution in [1.82, 2.24) is 0 Å². The molecule has 18 heavy (non-hydrogen) atoms. The zero-order valence-corrected chi connectivity index (χ0v) is 9.87. The van der Waals surface area contributed by atoms with Gasteiger partial charge in [-0.1, -0.05) is 0 Å². The zero-order chi connectivity index (χ0) is 13.1. The third-order valence-corrected chi connectivity index (χ3v) is 2.69. The lowest BCUT2D eigenvalue weighted by Gasteiger charge is -2.10. The molecule has 0 fully saturated rings. The van der Waals surface area contributed by atoms with Gasteiger partial charge in [-0.05, 0) is 48.9 Å². The van der Waals surface area contributed by atoms with Gasteiger partial charge >= 0.3 is 0 Å². The number of hydrogen-bond acceptors (Lipinski definition) is 2. The molecule has 0 bridgehead atoms. The summed E-state index contributed by atoms with van der Waals surface area (Å²) < 4.78 is 26.4. The van der Waals surface area contributed by atoms with Gasteiger partial charge in [0.2, 0.25) is 0 Å². The minimum absolute atomic E-state index is 0.176. The van der Waals surface area contributed by atoms with E-state index in [1.807, 2.05) is 6.92 Å². The van der Waals surface area contributed by atoms with E-state index in [2.05, 4.69) is 5.32 Å². The van der Waals surface area contributed by atoms with E-state index >= 15 is 0 Å². The molecule has 0 saturated heterocycles. The Morgan fingerprint density at radius 1 is 1.11 bits per heavy atom. The Morgan fingerprint density at radius 3 is 2.61 bits per heavy atom. The van der Waals surface area contributed by atoms with Crippen molar-refractivity contribution < 1.29 is 13.9 Å². The summed E-state index contributed by atoms with van der Waals surface area (Å²) >= 11 is 0. The first-order valence-corrected chi connectivity index (χ1v) is 5.53. The van der Waals surface area contributed by atoms with Crippen molar-refractivity contribution in [3.8, 4) is 5.75 Å². The summed E-state index contributed by atoms with van der Waals surface area (Å²) in [4.78, 5) is 0. The molecule has 0 amide bonds. The van der Waals surface area contributed by atoms with Crippen LogP contribution in [0.25, 0.3) is 0 Å². The first kappa shape index (κ1) is 12.4. The Balaban J connectivity index is 2.13. The molecule has 2 aromatic rings. The standard InChI is InChI=1S/C14H13F2NO/c1-9-6-12(18)3-5-14(9)17-8-10-7-11(15)2-4-13(10)16/h2-7,17-18H,8H2,1H3. The maximum Gasteiger partial charge on any atom is 0.128 e. The van der Waals surface area contributed by atoms with Gasteiger partial charge in [-0.25, -0.2) is 8.78 Å². The molecule has 2 rings (SSSR count).